The van der Waals surface area contributed by atoms with Crippen molar-refractivity contribution < 1.29 is 34.1 Å². The number of carboxylic acids is 1. The predicted molar refractivity (Wildman–Crippen MR) is 232 cm³/mol. The highest BCUT2D eigenvalue weighted by atomic mass is 16.5. The Hall–Kier alpha value is -2.68. The maximum Gasteiger partial charge on any atom is 0.328 e. The van der Waals surface area contributed by atoms with Gasteiger partial charge in [0.2, 0.25) is 11.8 Å². The fourth-order valence-corrected chi connectivity index (χ4v) is 6.83. The lowest BCUT2D eigenvalue weighted by molar-refractivity contribution is -0.147. The van der Waals surface area contributed by atoms with E-state index < -0.39 is 24.5 Å². The van der Waals surface area contributed by atoms with Gasteiger partial charge in [0.15, 0.2) is 0 Å². The molecular weight excluding hydrogens is 705 g/mol. The molecular formula is C47H86N2O7. The van der Waals surface area contributed by atoms with E-state index in [4.69, 9.17) is 14.9 Å². The van der Waals surface area contributed by atoms with E-state index in [1.807, 2.05) is 6.08 Å². The summed E-state index contributed by atoms with van der Waals surface area (Å²) in [7, 11) is 0. The zero-order chi connectivity index (χ0) is 41.2. The van der Waals surface area contributed by atoms with Crippen LogP contribution in [0.5, 0.6) is 0 Å². The van der Waals surface area contributed by atoms with Gasteiger partial charge in [-0.3, -0.25) is 14.4 Å². The van der Waals surface area contributed by atoms with Gasteiger partial charge in [-0.1, -0.05) is 193 Å². The van der Waals surface area contributed by atoms with Gasteiger partial charge in [0.1, 0.15) is 12.1 Å². The molecule has 4 N–H and O–H groups in total. The van der Waals surface area contributed by atoms with E-state index in [-0.39, 0.29) is 30.9 Å². The molecule has 0 spiro atoms. The second-order valence-electron chi connectivity index (χ2n) is 15.9. The Bertz CT molecular complexity index is 999. The molecule has 0 aromatic rings. The van der Waals surface area contributed by atoms with Gasteiger partial charge in [-0.2, -0.15) is 0 Å². The van der Waals surface area contributed by atoms with Crippen LogP contribution in [-0.4, -0.2) is 59.3 Å². The third kappa shape index (κ3) is 38.2. The van der Waals surface area contributed by atoms with Crippen LogP contribution in [0.2, 0.25) is 0 Å². The molecule has 0 aliphatic rings. The molecule has 9 nitrogen and oxygen atoms in total. The van der Waals surface area contributed by atoms with Crippen molar-refractivity contribution in [2.45, 2.75) is 238 Å². The Morgan fingerprint density at radius 3 is 1.50 bits per heavy atom. The van der Waals surface area contributed by atoms with Gasteiger partial charge in [-0.15, -0.1) is 0 Å². The number of aliphatic hydroxyl groups is 1. The van der Waals surface area contributed by atoms with Gasteiger partial charge in [0.25, 0.3) is 0 Å². The zero-order valence-electron chi connectivity index (χ0n) is 36.1. The van der Waals surface area contributed by atoms with Crippen molar-refractivity contribution in [3.8, 4) is 0 Å². The van der Waals surface area contributed by atoms with E-state index in [9.17, 15) is 19.2 Å². The smallest absolute Gasteiger partial charge is 0.328 e. The van der Waals surface area contributed by atoms with Crippen LogP contribution >= 0.6 is 0 Å². The predicted octanol–water partition coefficient (Wildman–Crippen LogP) is 11.6. The number of esters is 1. The Kier molecular flexibility index (Phi) is 39.9. The van der Waals surface area contributed by atoms with Crippen molar-refractivity contribution >= 4 is 23.8 Å². The fraction of sp³-hybridized carbons (Fsp3) is 0.830. The van der Waals surface area contributed by atoms with Crippen LogP contribution in [-0.2, 0) is 23.9 Å². The second kappa shape index (κ2) is 41.9. The lowest BCUT2D eigenvalue weighted by atomic mass is 10.0. The van der Waals surface area contributed by atoms with Crippen molar-refractivity contribution in [1.29, 1.82) is 0 Å². The van der Waals surface area contributed by atoms with Crippen LogP contribution in [0.4, 0.5) is 0 Å². The molecule has 0 rings (SSSR count). The monoisotopic (exact) mass is 791 g/mol. The molecule has 0 aromatic heterocycles. The van der Waals surface area contributed by atoms with Gasteiger partial charge in [0.05, 0.1) is 13.2 Å². The molecule has 0 heterocycles. The number of hydrogen-bond acceptors (Lipinski definition) is 6. The largest absolute Gasteiger partial charge is 0.480 e. The summed E-state index contributed by atoms with van der Waals surface area (Å²) >= 11 is 0. The van der Waals surface area contributed by atoms with Crippen molar-refractivity contribution in [3.05, 3.63) is 24.3 Å². The number of allylic oxidation sites excluding steroid dienone is 3. The van der Waals surface area contributed by atoms with E-state index in [1.165, 1.54) is 141 Å². The lowest BCUT2D eigenvalue weighted by Gasteiger charge is -2.15. The molecule has 2 amide bonds. The summed E-state index contributed by atoms with van der Waals surface area (Å²) < 4.78 is 5.89. The van der Waals surface area contributed by atoms with Crippen molar-refractivity contribution in [3.63, 3.8) is 0 Å². The third-order valence-electron chi connectivity index (χ3n) is 10.4. The zero-order valence-corrected chi connectivity index (χ0v) is 36.1. The maximum absolute atomic E-state index is 12.7. The summed E-state index contributed by atoms with van der Waals surface area (Å²) in [6.45, 7) is 3.41. The van der Waals surface area contributed by atoms with Gasteiger partial charge >= 0.3 is 11.9 Å². The summed E-state index contributed by atoms with van der Waals surface area (Å²) in [6.07, 6.45) is 46.8. The molecule has 0 aromatic carbocycles. The molecule has 0 bridgehead atoms. The summed E-state index contributed by atoms with van der Waals surface area (Å²) in [5.74, 6) is -2.41. The second-order valence-corrected chi connectivity index (χ2v) is 15.9. The van der Waals surface area contributed by atoms with E-state index in [1.54, 1.807) is 0 Å². The molecule has 0 radical (unpaired) electrons. The Labute approximate surface area is 343 Å². The Morgan fingerprint density at radius 2 is 1.02 bits per heavy atom. The van der Waals surface area contributed by atoms with Crippen LogP contribution in [0.25, 0.3) is 0 Å². The third-order valence-corrected chi connectivity index (χ3v) is 10.4. The summed E-state index contributed by atoms with van der Waals surface area (Å²) in [4.78, 5) is 47.5. The van der Waals surface area contributed by atoms with Crippen molar-refractivity contribution in [1.82, 2.24) is 10.6 Å². The standard InChI is InChI=1S/C47H86N2O7/c1-3-5-7-9-11-12-13-14-15-16-17-18-19-20-21-22-23-24-25-27-29-35-39-46(53)56-42(36-32-28-26-10-8-6-4-2)37-33-30-31-34-38-44(51)48-40-45(52)49-43(41-50)47(54)55/h10,26,32,36,42-43,50H,3-9,11-25,27-31,33-35,37-41H2,1-2H3,(H,48,51)(H,49,52)(H,54,55)/b26-10-,36-32-. The number of carbonyl (C=O) groups is 4. The molecule has 326 valence electrons. The number of aliphatic hydroxyl groups excluding tert-OH is 1. The fourth-order valence-electron chi connectivity index (χ4n) is 6.83. The summed E-state index contributed by atoms with van der Waals surface area (Å²) in [5, 5.41) is 22.5. The van der Waals surface area contributed by atoms with E-state index in [0.717, 1.165) is 51.4 Å². The number of amides is 2. The first-order valence-electron chi connectivity index (χ1n) is 23.2. The number of rotatable bonds is 42. The first kappa shape index (κ1) is 53.3. The summed E-state index contributed by atoms with van der Waals surface area (Å²) in [5.41, 5.74) is 0. The van der Waals surface area contributed by atoms with Crippen molar-refractivity contribution in [2.75, 3.05) is 13.2 Å². The number of carboxylic acid groups (broad SMARTS) is 1. The van der Waals surface area contributed by atoms with Crippen LogP contribution in [0, 0.1) is 0 Å². The average molecular weight is 791 g/mol. The molecule has 0 aliphatic carbocycles. The maximum atomic E-state index is 12.7. The summed E-state index contributed by atoms with van der Waals surface area (Å²) in [6, 6.07) is -1.39. The molecule has 56 heavy (non-hydrogen) atoms. The number of aliphatic carboxylic acids is 1. The molecule has 0 saturated heterocycles. The number of carbonyl (C=O) groups excluding carboxylic acids is 3. The first-order chi connectivity index (χ1) is 27.3. The number of ether oxygens (including phenoxy) is 1. The minimum absolute atomic E-state index is 0.124. The highest BCUT2D eigenvalue weighted by molar-refractivity contribution is 5.87. The first-order valence-corrected chi connectivity index (χ1v) is 23.2. The molecule has 0 saturated carbocycles. The molecule has 2 unspecified atom stereocenters. The highest BCUT2D eigenvalue weighted by Crippen LogP contribution is 2.17. The lowest BCUT2D eigenvalue weighted by Crippen LogP contribution is -2.47. The topological polar surface area (TPSA) is 142 Å². The molecule has 0 fully saturated rings. The van der Waals surface area contributed by atoms with Crippen molar-refractivity contribution in [2.24, 2.45) is 0 Å². The van der Waals surface area contributed by atoms with E-state index >= 15 is 0 Å². The van der Waals surface area contributed by atoms with Gasteiger partial charge in [-0.05, 0) is 44.6 Å². The Balaban J connectivity index is 4.05. The SMILES string of the molecule is CCCC/C=C\C/C=C\C(CCCCCCC(=O)NCC(=O)NC(CO)C(=O)O)OC(=O)CCCCCCCCCCCCCCCCCCCCCCCC. The van der Waals surface area contributed by atoms with Crippen LogP contribution < -0.4 is 10.6 Å². The number of nitrogens with one attached hydrogen (secondary N) is 2. The number of unbranched alkanes of at least 4 members (excludes halogenated alkanes) is 26. The van der Waals surface area contributed by atoms with Crippen LogP contribution in [0.15, 0.2) is 24.3 Å². The normalized spacial score (nSPS) is 12.6. The minimum atomic E-state index is -1.39. The van der Waals surface area contributed by atoms with Gasteiger partial charge in [0, 0.05) is 12.8 Å². The Morgan fingerprint density at radius 1 is 0.554 bits per heavy atom. The van der Waals surface area contributed by atoms with E-state index in [2.05, 4.69) is 42.7 Å². The van der Waals surface area contributed by atoms with Gasteiger partial charge < -0.3 is 25.6 Å². The minimum Gasteiger partial charge on any atom is -0.480 e. The van der Waals surface area contributed by atoms with Gasteiger partial charge in [-0.25, -0.2) is 4.79 Å². The average Bonchev–Trinajstić information content (AvgIpc) is 3.18. The quantitative estimate of drug-likeness (QED) is 0.0274. The highest BCUT2D eigenvalue weighted by Gasteiger charge is 2.18. The molecule has 0 aliphatic heterocycles. The molecule has 2 atom stereocenters. The van der Waals surface area contributed by atoms with Crippen LogP contribution in [0.1, 0.15) is 226 Å². The molecule has 9 heteroatoms. The van der Waals surface area contributed by atoms with E-state index in [0.29, 0.717) is 12.8 Å². The van der Waals surface area contributed by atoms with Crippen LogP contribution in [0.3, 0.4) is 0 Å². The number of hydrogen-bond donors (Lipinski definition) is 4.